The van der Waals surface area contributed by atoms with Gasteiger partial charge < -0.3 is 15.2 Å². The van der Waals surface area contributed by atoms with Crippen LogP contribution in [0.15, 0.2) is 18.2 Å². The molecule has 0 aromatic heterocycles. The highest BCUT2D eigenvalue weighted by molar-refractivity contribution is 5.85. The Morgan fingerprint density at radius 3 is 2.65 bits per heavy atom. The second-order valence-corrected chi connectivity index (χ2v) is 5.04. The number of nitrogens with one attached hydrogen (secondary N) is 1. The van der Waals surface area contributed by atoms with E-state index < -0.39 is 0 Å². The van der Waals surface area contributed by atoms with Crippen molar-refractivity contribution in [2.24, 2.45) is 0 Å². The van der Waals surface area contributed by atoms with Crippen molar-refractivity contribution in [2.45, 2.75) is 19.4 Å². The lowest BCUT2D eigenvalue weighted by atomic mass is 9.99. The molecule has 0 spiro atoms. The number of aliphatic hydroxyl groups is 1. The number of nitrogens with zero attached hydrogens (tertiary/aromatic N) is 1. The predicted molar refractivity (Wildman–Crippen MR) is 83.9 cm³/mol. The van der Waals surface area contributed by atoms with Gasteiger partial charge in [-0.3, -0.25) is 4.90 Å². The number of benzene rings is 1. The summed E-state index contributed by atoms with van der Waals surface area (Å²) in [6.07, 6.45) is 0.770. The van der Waals surface area contributed by atoms with Crippen LogP contribution in [0.1, 0.15) is 23.6 Å². The molecular formula is C15H25ClN2O2. The van der Waals surface area contributed by atoms with Crippen LogP contribution in [0.2, 0.25) is 0 Å². The normalized spacial score (nSPS) is 17.4. The molecular weight excluding hydrogens is 276 g/mol. The zero-order chi connectivity index (χ0) is 13.7. The van der Waals surface area contributed by atoms with Crippen LogP contribution in [0.4, 0.5) is 0 Å². The van der Waals surface area contributed by atoms with Crippen molar-refractivity contribution >= 4 is 12.4 Å². The average Bonchev–Trinajstić information content (AvgIpc) is 2.46. The lowest BCUT2D eigenvalue weighted by Gasteiger charge is -2.35. The smallest absolute Gasteiger partial charge is 0.122 e. The summed E-state index contributed by atoms with van der Waals surface area (Å²) >= 11 is 0. The zero-order valence-corrected chi connectivity index (χ0v) is 13.1. The number of hydrogen-bond donors (Lipinski definition) is 2. The highest BCUT2D eigenvalue weighted by atomic mass is 35.5. The standard InChI is InChI=1S/C15H24N2O2.ClH/c1-12-3-4-13(11-15(12)19-2)14(5-10-18)17-8-6-16-7-9-17;/h3-4,11,14,16,18H,5-10H2,1-2H3;1H/t14-;/m0./s1. The summed E-state index contributed by atoms with van der Waals surface area (Å²) in [6.45, 7) is 6.36. The second kappa shape index (κ2) is 8.47. The molecule has 4 nitrogen and oxygen atoms in total. The van der Waals surface area contributed by atoms with E-state index in [1.165, 1.54) is 5.56 Å². The van der Waals surface area contributed by atoms with E-state index in [2.05, 4.69) is 35.3 Å². The van der Waals surface area contributed by atoms with Crippen molar-refractivity contribution in [2.75, 3.05) is 39.9 Å². The Labute approximate surface area is 127 Å². The Balaban J connectivity index is 0.00000200. The van der Waals surface area contributed by atoms with E-state index in [1.807, 2.05) is 0 Å². The summed E-state index contributed by atoms with van der Waals surface area (Å²) in [5, 5.41) is 12.7. The van der Waals surface area contributed by atoms with Crippen LogP contribution < -0.4 is 10.1 Å². The Bertz CT molecular complexity index is 409. The summed E-state index contributed by atoms with van der Waals surface area (Å²) in [6, 6.07) is 6.64. The SMILES string of the molecule is COc1cc([C@H](CCO)N2CCNCC2)ccc1C.Cl. The summed E-state index contributed by atoms with van der Waals surface area (Å²) in [5.41, 5.74) is 2.38. The van der Waals surface area contributed by atoms with Crippen LogP contribution in [0.5, 0.6) is 5.75 Å². The third-order valence-electron chi connectivity index (χ3n) is 3.81. The molecule has 5 heteroatoms. The minimum absolute atomic E-state index is 0. The van der Waals surface area contributed by atoms with Crippen LogP contribution in [0, 0.1) is 6.92 Å². The summed E-state index contributed by atoms with van der Waals surface area (Å²) in [4.78, 5) is 2.44. The van der Waals surface area contributed by atoms with Gasteiger partial charge in [0.05, 0.1) is 7.11 Å². The van der Waals surface area contributed by atoms with E-state index in [0.29, 0.717) is 0 Å². The lowest BCUT2D eigenvalue weighted by Crippen LogP contribution is -2.45. The molecule has 0 unspecified atom stereocenters. The summed E-state index contributed by atoms with van der Waals surface area (Å²) < 4.78 is 5.41. The van der Waals surface area contributed by atoms with Gasteiger partial charge in [-0.05, 0) is 30.5 Å². The summed E-state index contributed by atoms with van der Waals surface area (Å²) in [7, 11) is 1.71. The molecule has 1 heterocycles. The van der Waals surface area contributed by atoms with Crippen molar-refractivity contribution in [1.29, 1.82) is 0 Å². The predicted octanol–water partition coefficient (Wildman–Crippen LogP) is 1.75. The molecule has 20 heavy (non-hydrogen) atoms. The molecule has 1 atom stereocenters. The molecule has 1 aliphatic rings. The molecule has 2 rings (SSSR count). The first-order chi connectivity index (χ1) is 9.26. The number of halogens is 1. The van der Waals surface area contributed by atoms with Crippen LogP contribution >= 0.6 is 12.4 Å². The fraction of sp³-hybridized carbons (Fsp3) is 0.600. The molecule has 0 amide bonds. The molecule has 2 N–H and O–H groups in total. The van der Waals surface area contributed by atoms with Gasteiger partial charge in [0, 0.05) is 38.8 Å². The van der Waals surface area contributed by atoms with Crippen molar-refractivity contribution in [1.82, 2.24) is 10.2 Å². The van der Waals surface area contributed by atoms with Gasteiger partial charge >= 0.3 is 0 Å². The Hall–Kier alpha value is -0.810. The Kier molecular flexibility index (Phi) is 7.30. The van der Waals surface area contributed by atoms with Gasteiger partial charge in [-0.2, -0.15) is 0 Å². The maximum atomic E-state index is 9.34. The van der Waals surface area contributed by atoms with E-state index in [1.54, 1.807) is 7.11 Å². The first-order valence-electron chi connectivity index (χ1n) is 6.96. The molecule has 1 aromatic carbocycles. The topological polar surface area (TPSA) is 44.7 Å². The minimum atomic E-state index is 0. The van der Waals surface area contributed by atoms with E-state index in [-0.39, 0.29) is 25.1 Å². The van der Waals surface area contributed by atoms with Crippen molar-refractivity contribution in [3.8, 4) is 5.75 Å². The van der Waals surface area contributed by atoms with Crippen LogP contribution in [0.3, 0.4) is 0 Å². The van der Waals surface area contributed by atoms with E-state index in [4.69, 9.17) is 4.74 Å². The number of rotatable bonds is 5. The number of piperazine rings is 1. The third kappa shape index (κ3) is 4.09. The first kappa shape index (κ1) is 17.2. The molecule has 1 saturated heterocycles. The van der Waals surface area contributed by atoms with Gasteiger partial charge in [-0.15, -0.1) is 12.4 Å². The molecule has 0 radical (unpaired) electrons. The van der Waals surface area contributed by atoms with Gasteiger partial charge in [-0.1, -0.05) is 12.1 Å². The number of ether oxygens (including phenoxy) is 1. The van der Waals surface area contributed by atoms with Gasteiger partial charge in [0.2, 0.25) is 0 Å². The fourth-order valence-electron chi connectivity index (χ4n) is 2.72. The lowest BCUT2D eigenvalue weighted by molar-refractivity contribution is 0.141. The Morgan fingerprint density at radius 1 is 1.35 bits per heavy atom. The minimum Gasteiger partial charge on any atom is -0.496 e. The molecule has 1 aromatic rings. The van der Waals surface area contributed by atoms with E-state index in [0.717, 1.165) is 43.9 Å². The third-order valence-corrected chi connectivity index (χ3v) is 3.81. The van der Waals surface area contributed by atoms with Crippen LogP contribution in [-0.4, -0.2) is 49.9 Å². The van der Waals surface area contributed by atoms with Crippen molar-refractivity contribution in [3.63, 3.8) is 0 Å². The largest absolute Gasteiger partial charge is 0.496 e. The zero-order valence-electron chi connectivity index (χ0n) is 12.3. The van der Waals surface area contributed by atoms with Crippen LogP contribution in [0.25, 0.3) is 0 Å². The van der Waals surface area contributed by atoms with E-state index >= 15 is 0 Å². The molecule has 0 saturated carbocycles. The number of hydrogen-bond acceptors (Lipinski definition) is 4. The van der Waals surface area contributed by atoms with Gasteiger partial charge in [0.25, 0.3) is 0 Å². The van der Waals surface area contributed by atoms with E-state index in [9.17, 15) is 5.11 Å². The van der Waals surface area contributed by atoms with Gasteiger partial charge in [-0.25, -0.2) is 0 Å². The molecule has 0 aliphatic carbocycles. The quantitative estimate of drug-likeness (QED) is 0.870. The van der Waals surface area contributed by atoms with Crippen molar-refractivity contribution in [3.05, 3.63) is 29.3 Å². The fourth-order valence-corrected chi connectivity index (χ4v) is 2.72. The Morgan fingerprint density at radius 2 is 2.05 bits per heavy atom. The van der Waals surface area contributed by atoms with Gasteiger partial charge in [0.15, 0.2) is 0 Å². The molecule has 1 fully saturated rings. The highest BCUT2D eigenvalue weighted by Crippen LogP contribution is 2.29. The van der Waals surface area contributed by atoms with Gasteiger partial charge in [0.1, 0.15) is 5.75 Å². The summed E-state index contributed by atoms with van der Waals surface area (Å²) in [5.74, 6) is 0.926. The monoisotopic (exact) mass is 300 g/mol. The number of aryl methyl sites for hydroxylation is 1. The maximum Gasteiger partial charge on any atom is 0.122 e. The molecule has 1 aliphatic heterocycles. The second-order valence-electron chi connectivity index (χ2n) is 5.04. The highest BCUT2D eigenvalue weighted by Gasteiger charge is 2.22. The maximum absolute atomic E-state index is 9.34. The average molecular weight is 301 g/mol. The number of methoxy groups -OCH3 is 1. The molecule has 0 bridgehead atoms. The van der Waals surface area contributed by atoms with Crippen molar-refractivity contribution < 1.29 is 9.84 Å². The first-order valence-corrected chi connectivity index (χ1v) is 6.96. The molecule has 114 valence electrons. The van der Waals surface area contributed by atoms with Crippen LogP contribution in [-0.2, 0) is 0 Å². The number of aliphatic hydroxyl groups excluding tert-OH is 1.